The molecular formula is C3H6ClOP. The van der Waals surface area contributed by atoms with E-state index >= 15 is 0 Å². The Morgan fingerprint density at radius 3 is 2.83 bits per heavy atom. The minimum atomic E-state index is 0.362. The summed E-state index contributed by atoms with van der Waals surface area (Å²) in [7, 11) is 0.362. The van der Waals surface area contributed by atoms with Crippen LogP contribution >= 0.6 is 20.7 Å². The van der Waals surface area contributed by atoms with Crippen LogP contribution in [0.5, 0.6) is 0 Å². The van der Waals surface area contributed by atoms with Gasteiger partial charge in [-0.15, -0.1) is 6.58 Å². The topological polar surface area (TPSA) is 9.23 Å². The van der Waals surface area contributed by atoms with Crippen LogP contribution in [0, 0.1) is 0 Å². The van der Waals surface area contributed by atoms with E-state index in [1.54, 1.807) is 6.08 Å². The zero-order valence-corrected chi connectivity index (χ0v) is 5.03. The SMILES string of the molecule is C=CCPOCl. The molecule has 0 rings (SSSR count). The molecule has 0 amide bonds. The molecule has 0 fully saturated rings. The van der Waals surface area contributed by atoms with Crippen molar-refractivity contribution < 1.29 is 4.08 Å². The molecule has 1 atom stereocenters. The maximum atomic E-state index is 4.84. The predicted octanol–water partition coefficient (Wildman–Crippen LogP) is 1.94. The highest BCUT2D eigenvalue weighted by Gasteiger charge is 1.72. The molecular weight excluding hydrogens is 118 g/mol. The van der Waals surface area contributed by atoms with Gasteiger partial charge < -0.3 is 0 Å². The zero-order valence-electron chi connectivity index (χ0n) is 3.28. The second-order valence-electron chi connectivity index (χ2n) is 0.714. The largest absolute Gasteiger partial charge is 0.260 e. The van der Waals surface area contributed by atoms with Gasteiger partial charge in [0.25, 0.3) is 0 Å². The molecule has 0 aromatic heterocycles. The van der Waals surface area contributed by atoms with Gasteiger partial charge in [-0.25, -0.2) is 0 Å². The Bertz CT molecular complexity index is 39.8. The summed E-state index contributed by atoms with van der Waals surface area (Å²) < 4.78 is 4.21. The minimum absolute atomic E-state index is 0.362. The smallest absolute Gasteiger partial charge is 0.0644 e. The Hall–Kier alpha value is 0.420. The third-order valence-corrected chi connectivity index (χ3v) is 1.17. The van der Waals surface area contributed by atoms with Crippen LogP contribution in [0.1, 0.15) is 0 Å². The first kappa shape index (κ1) is 6.42. The lowest BCUT2D eigenvalue weighted by molar-refractivity contribution is 0.712. The van der Waals surface area contributed by atoms with Gasteiger partial charge in [0.2, 0.25) is 0 Å². The van der Waals surface area contributed by atoms with Crippen LogP contribution in [-0.4, -0.2) is 6.16 Å². The zero-order chi connectivity index (χ0) is 4.83. The third-order valence-electron chi connectivity index (χ3n) is 0.282. The fourth-order valence-electron chi connectivity index (χ4n) is 0.0904. The van der Waals surface area contributed by atoms with Gasteiger partial charge in [-0.3, -0.25) is 4.08 Å². The molecule has 0 spiro atoms. The first-order valence-corrected chi connectivity index (χ1v) is 2.95. The van der Waals surface area contributed by atoms with Crippen LogP contribution in [0.15, 0.2) is 12.7 Å². The molecule has 0 aromatic carbocycles. The summed E-state index contributed by atoms with van der Waals surface area (Å²) >= 11 is 4.84. The average molecular weight is 125 g/mol. The van der Waals surface area contributed by atoms with Gasteiger partial charge in [-0.05, 0) is 0 Å². The average Bonchev–Trinajstić information content (AvgIpc) is 1.61. The molecule has 1 nitrogen and oxygen atoms in total. The molecule has 0 N–H and O–H groups in total. The number of hydrogen-bond donors (Lipinski definition) is 0. The van der Waals surface area contributed by atoms with E-state index in [9.17, 15) is 0 Å². The van der Waals surface area contributed by atoms with E-state index in [4.69, 9.17) is 11.9 Å². The first-order chi connectivity index (χ1) is 2.91. The van der Waals surface area contributed by atoms with Crippen molar-refractivity contribution in [3.05, 3.63) is 12.7 Å². The number of halogens is 1. The van der Waals surface area contributed by atoms with E-state index in [1.807, 2.05) is 0 Å². The van der Waals surface area contributed by atoms with E-state index in [0.717, 1.165) is 6.16 Å². The van der Waals surface area contributed by atoms with Crippen molar-refractivity contribution in [1.29, 1.82) is 0 Å². The van der Waals surface area contributed by atoms with Crippen molar-refractivity contribution in [1.82, 2.24) is 0 Å². The molecule has 0 bridgehead atoms. The van der Waals surface area contributed by atoms with Gasteiger partial charge in [-0.1, -0.05) is 6.08 Å². The molecule has 1 unspecified atom stereocenters. The van der Waals surface area contributed by atoms with Crippen molar-refractivity contribution in [3.63, 3.8) is 0 Å². The van der Waals surface area contributed by atoms with Gasteiger partial charge in [0.15, 0.2) is 0 Å². The standard InChI is InChI=1S/C3H6ClOP/c1-2-3-6-5-4/h2,6H,1,3H2. The van der Waals surface area contributed by atoms with E-state index < -0.39 is 0 Å². The number of rotatable bonds is 3. The van der Waals surface area contributed by atoms with Crippen molar-refractivity contribution in [3.8, 4) is 0 Å². The molecule has 3 heteroatoms. The summed E-state index contributed by atoms with van der Waals surface area (Å²) in [5, 5.41) is 0. The molecule has 0 saturated carbocycles. The molecule has 36 valence electrons. The second-order valence-corrected chi connectivity index (χ2v) is 2.03. The molecule has 6 heavy (non-hydrogen) atoms. The Labute approximate surface area is 44.4 Å². The van der Waals surface area contributed by atoms with Gasteiger partial charge in [0, 0.05) is 15.0 Å². The lowest BCUT2D eigenvalue weighted by Gasteiger charge is -1.82. The highest BCUT2D eigenvalue weighted by molar-refractivity contribution is 7.33. The van der Waals surface area contributed by atoms with Crippen molar-refractivity contribution >= 4 is 20.7 Å². The fourth-order valence-corrected chi connectivity index (χ4v) is 0.460. The summed E-state index contributed by atoms with van der Waals surface area (Å²) in [4.78, 5) is 0. The molecule has 0 radical (unpaired) electrons. The maximum absolute atomic E-state index is 4.84. The minimum Gasteiger partial charge on any atom is -0.260 e. The van der Waals surface area contributed by atoms with Crippen molar-refractivity contribution in [2.24, 2.45) is 0 Å². The predicted molar refractivity (Wildman–Crippen MR) is 30.3 cm³/mol. The Kier molecular flexibility index (Phi) is 5.80. The Balaban J connectivity index is 2.49. The van der Waals surface area contributed by atoms with E-state index in [1.165, 1.54) is 0 Å². The maximum Gasteiger partial charge on any atom is 0.0644 e. The summed E-state index contributed by atoms with van der Waals surface area (Å²) in [6.45, 7) is 3.47. The lowest BCUT2D eigenvalue weighted by Crippen LogP contribution is -1.57. The van der Waals surface area contributed by atoms with Gasteiger partial charge in [-0.2, -0.15) is 0 Å². The highest BCUT2D eigenvalue weighted by Crippen LogP contribution is 2.12. The van der Waals surface area contributed by atoms with Crippen LogP contribution < -0.4 is 0 Å². The lowest BCUT2D eigenvalue weighted by atomic mass is 10.8. The van der Waals surface area contributed by atoms with Crippen LogP contribution in [0.2, 0.25) is 0 Å². The molecule has 0 aliphatic rings. The van der Waals surface area contributed by atoms with Gasteiger partial charge >= 0.3 is 0 Å². The third kappa shape index (κ3) is 4.42. The van der Waals surface area contributed by atoms with Gasteiger partial charge in [0.05, 0.1) is 11.9 Å². The molecule has 0 heterocycles. The van der Waals surface area contributed by atoms with Crippen LogP contribution in [0.3, 0.4) is 0 Å². The van der Waals surface area contributed by atoms with Crippen LogP contribution in [0.4, 0.5) is 0 Å². The Morgan fingerprint density at radius 2 is 2.67 bits per heavy atom. The number of allylic oxidation sites excluding steroid dienone is 1. The normalized spacial score (nSPS) is 10.2. The molecule has 0 saturated heterocycles. The summed E-state index contributed by atoms with van der Waals surface area (Å²) in [5.74, 6) is 0. The summed E-state index contributed by atoms with van der Waals surface area (Å²) in [6.07, 6.45) is 2.62. The van der Waals surface area contributed by atoms with Crippen molar-refractivity contribution in [2.45, 2.75) is 0 Å². The molecule has 0 aliphatic carbocycles. The fraction of sp³-hybridized carbons (Fsp3) is 0.333. The molecule has 0 aliphatic heterocycles. The first-order valence-electron chi connectivity index (χ1n) is 1.53. The Morgan fingerprint density at radius 1 is 2.00 bits per heavy atom. The summed E-state index contributed by atoms with van der Waals surface area (Å²) in [5.41, 5.74) is 0. The van der Waals surface area contributed by atoms with Gasteiger partial charge in [0.1, 0.15) is 0 Å². The monoisotopic (exact) mass is 124 g/mol. The highest BCUT2D eigenvalue weighted by atomic mass is 35.5. The van der Waals surface area contributed by atoms with E-state index in [-0.39, 0.29) is 0 Å². The van der Waals surface area contributed by atoms with Crippen molar-refractivity contribution in [2.75, 3.05) is 6.16 Å². The van der Waals surface area contributed by atoms with E-state index in [2.05, 4.69) is 10.7 Å². The van der Waals surface area contributed by atoms with Crippen LogP contribution in [-0.2, 0) is 4.08 Å². The van der Waals surface area contributed by atoms with E-state index in [0.29, 0.717) is 8.81 Å². The number of hydrogen-bond acceptors (Lipinski definition) is 1. The second kappa shape index (κ2) is 5.42. The quantitative estimate of drug-likeness (QED) is 0.317. The summed E-state index contributed by atoms with van der Waals surface area (Å²) in [6, 6.07) is 0. The van der Waals surface area contributed by atoms with Crippen LogP contribution in [0.25, 0.3) is 0 Å². The molecule has 0 aromatic rings.